The van der Waals surface area contributed by atoms with Crippen LogP contribution in [-0.4, -0.2) is 54.2 Å². The number of aryl methyl sites for hydroxylation is 3. The van der Waals surface area contributed by atoms with Crippen molar-refractivity contribution in [1.82, 2.24) is 19.1 Å². The van der Waals surface area contributed by atoms with E-state index in [-0.39, 0.29) is 36.0 Å². The van der Waals surface area contributed by atoms with Crippen molar-refractivity contribution in [3.8, 4) is 0 Å². The van der Waals surface area contributed by atoms with Gasteiger partial charge in [0.2, 0.25) is 25.0 Å². The average Bonchev–Trinajstić information content (AvgIpc) is 3.01. The van der Waals surface area contributed by atoms with Gasteiger partial charge in [0.1, 0.15) is 6.33 Å². The summed E-state index contributed by atoms with van der Waals surface area (Å²) in [6.07, 6.45) is 1.81. The normalized spacial score (nSPS) is 17.5. The van der Waals surface area contributed by atoms with E-state index in [2.05, 4.69) is 10.2 Å². The largest absolute Gasteiger partial charge is 0.308 e. The number of nitrogens with zero attached hydrogens (tertiary/aromatic N) is 4. The molecule has 0 unspecified atom stereocenters. The Labute approximate surface area is 153 Å². The lowest BCUT2D eigenvalue weighted by atomic mass is 10.2. The van der Waals surface area contributed by atoms with Gasteiger partial charge in [-0.05, 0) is 38.3 Å². The Morgan fingerprint density at radius 2 is 1.73 bits per heavy atom. The Hall–Kier alpha value is -1.78. The first-order valence-corrected chi connectivity index (χ1v) is 11.3. The third kappa shape index (κ3) is 3.28. The molecule has 26 heavy (non-hydrogen) atoms. The Morgan fingerprint density at radius 1 is 1.08 bits per heavy atom. The fourth-order valence-electron chi connectivity index (χ4n) is 3.29. The molecular weight excluding hydrogens is 376 g/mol. The molecule has 0 aliphatic carbocycles. The van der Waals surface area contributed by atoms with Crippen molar-refractivity contribution in [1.29, 1.82) is 0 Å². The second-order valence-electron chi connectivity index (χ2n) is 6.64. The van der Waals surface area contributed by atoms with Crippen LogP contribution in [0.2, 0.25) is 0 Å². The molecule has 0 radical (unpaired) electrons. The van der Waals surface area contributed by atoms with Gasteiger partial charge >= 0.3 is 0 Å². The van der Waals surface area contributed by atoms with Crippen LogP contribution in [0.3, 0.4) is 0 Å². The lowest BCUT2D eigenvalue weighted by molar-refractivity contribution is 0.344. The SMILES string of the molecule is Cc1ccc(S(=O)(=O)N2CCC(S(=O)(=O)c3nncn3C)CC2)c(C)c1. The number of hydrogen-bond acceptors (Lipinski definition) is 6. The highest BCUT2D eigenvalue weighted by molar-refractivity contribution is 7.92. The first kappa shape index (κ1) is 19.0. The molecule has 0 spiro atoms. The molecule has 10 heteroatoms. The molecule has 142 valence electrons. The van der Waals surface area contributed by atoms with Crippen molar-refractivity contribution in [2.45, 2.75) is 42.0 Å². The summed E-state index contributed by atoms with van der Waals surface area (Å²) in [6.45, 7) is 4.01. The van der Waals surface area contributed by atoms with E-state index in [1.807, 2.05) is 13.0 Å². The number of sulfone groups is 1. The number of aromatic nitrogens is 3. The zero-order valence-electron chi connectivity index (χ0n) is 15.0. The van der Waals surface area contributed by atoms with Crippen LogP contribution < -0.4 is 0 Å². The Morgan fingerprint density at radius 3 is 2.27 bits per heavy atom. The summed E-state index contributed by atoms with van der Waals surface area (Å²) in [5, 5.41) is 6.58. The van der Waals surface area contributed by atoms with Crippen LogP contribution in [0, 0.1) is 13.8 Å². The highest BCUT2D eigenvalue weighted by Gasteiger charge is 2.38. The molecule has 2 aromatic rings. The van der Waals surface area contributed by atoms with Crippen LogP contribution in [0.25, 0.3) is 0 Å². The van der Waals surface area contributed by atoms with Crippen LogP contribution in [-0.2, 0) is 26.9 Å². The summed E-state index contributed by atoms with van der Waals surface area (Å²) in [5.41, 5.74) is 1.69. The van der Waals surface area contributed by atoms with Crippen LogP contribution in [0.5, 0.6) is 0 Å². The standard InChI is InChI=1S/C16H22N4O4S2/c1-12-4-5-15(13(2)10-12)26(23,24)20-8-6-14(7-9-20)25(21,22)16-18-17-11-19(16)3/h4-5,10-11,14H,6-9H2,1-3H3. The monoisotopic (exact) mass is 398 g/mol. The zero-order valence-corrected chi connectivity index (χ0v) is 16.6. The van der Waals surface area contributed by atoms with E-state index in [9.17, 15) is 16.8 Å². The summed E-state index contributed by atoms with van der Waals surface area (Å²) in [6, 6.07) is 5.21. The average molecular weight is 399 g/mol. The van der Waals surface area contributed by atoms with Crippen molar-refractivity contribution in [2.75, 3.05) is 13.1 Å². The van der Waals surface area contributed by atoms with E-state index < -0.39 is 25.1 Å². The van der Waals surface area contributed by atoms with E-state index in [0.717, 1.165) is 5.56 Å². The summed E-state index contributed by atoms with van der Waals surface area (Å²) in [5.74, 6) is 0. The van der Waals surface area contributed by atoms with Gasteiger partial charge in [0.15, 0.2) is 0 Å². The Balaban J connectivity index is 1.79. The van der Waals surface area contributed by atoms with Crippen LogP contribution >= 0.6 is 0 Å². The van der Waals surface area contributed by atoms with Gasteiger partial charge in [-0.1, -0.05) is 17.7 Å². The van der Waals surface area contributed by atoms with Gasteiger partial charge in [0.05, 0.1) is 10.1 Å². The van der Waals surface area contributed by atoms with Gasteiger partial charge in [-0.25, -0.2) is 16.8 Å². The van der Waals surface area contributed by atoms with Crippen molar-refractivity contribution in [3.63, 3.8) is 0 Å². The first-order valence-electron chi connectivity index (χ1n) is 8.29. The number of sulfonamides is 1. The minimum atomic E-state index is -3.64. The van der Waals surface area contributed by atoms with Crippen molar-refractivity contribution in [3.05, 3.63) is 35.7 Å². The molecule has 1 aliphatic rings. The van der Waals surface area contributed by atoms with Gasteiger partial charge < -0.3 is 4.57 Å². The highest BCUT2D eigenvalue weighted by atomic mass is 32.2. The maximum Gasteiger partial charge on any atom is 0.249 e. The van der Waals surface area contributed by atoms with Crippen molar-refractivity contribution < 1.29 is 16.8 Å². The molecule has 0 saturated carbocycles. The van der Waals surface area contributed by atoms with Gasteiger partial charge in [-0.2, -0.15) is 4.31 Å². The number of rotatable bonds is 4. The van der Waals surface area contributed by atoms with E-state index in [0.29, 0.717) is 5.56 Å². The number of piperidine rings is 1. The molecule has 0 atom stereocenters. The zero-order chi connectivity index (χ0) is 19.1. The quantitative estimate of drug-likeness (QED) is 0.763. The number of hydrogen-bond donors (Lipinski definition) is 0. The van der Waals surface area contributed by atoms with Crippen LogP contribution in [0.15, 0.2) is 34.6 Å². The molecule has 1 fully saturated rings. The van der Waals surface area contributed by atoms with E-state index in [4.69, 9.17) is 0 Å². The van der Waals surface area contributed by atoms with Crippen LogP contribution in [0.4, 0.5) is 0 Å². The van der Waals surface area contributed by atoms with Gasteiger partial charge in [0.25, 0.3) is 0 Å². The lowest BCUT2D eigenvalue weighted by Crippen LogP contribution is -2.43. The third-order valence-electron chi connectivity index (χ3n) is 4.71. The lowest BCUT2D eigenvalue weighted by Gasteiger charge is -2.31. The van der Waals surface area contributed by atoms with Crippen molar-refractivity contribution in [2.24, 2.45) is 7.05 Å². The third-order valence-corrected chi connectivity index (χ3v) is 9.00. The second kappa shape index (κ2) is 6.75. The summed E-state index contributed by atoms with van der Waals surface area (Å²) in [7, 11) is -5.69. The fourth-order valence-corrected chi connectivity index (χ4v) is 6.70. The van der Waals surface area contributed by atoms with E-state index >= 15 is 0 Å². The van der Waals surface area contributed by atoms with Crippen LogP contribution in [0.1, 0.15) is 24.0 Å². The summed E-state index contributed by atoms with van der Waals surface area (Å²) in [4.78, 5) is 0.276. The molecule has 8 nitrogen and oxygen atoms in total. The molecule has 2 heterocycles. The summed E-state index contributed by atoms with van der Waals surface area (Å²) >= 11 is 0. The fraction of sp³-hybridized carbons (Fsp3) is 0.500. The maximum absolute atomic E-state index is 12.9. The smallest absolute Gasteiger partial charge is 0.249 e. The molecule has 1 saturated heterocycles. The second-order valence-corrected chi connectivity index (χ2v) is 10.7. The molecule has 3 rings (SSSR count). The van der Waals surface area contributed by atoms with Crippen molar-refractivity contribution >= 4 is 19.9 Å². The van der Waals surface area contributed by atoms with Gasteiger partial charge in [-0.15, -0.1) is 10.2 Å². The Kier molecular flexibility index (Phi) is 4.93. The molecule has 0 amide bonds. The minimum Gasteiger partial charge on any atom is -0.308 e. The molecule has 1 aromatic heterocycles. The van der Waals surface area contributed by atoms with E-state index in [1.165, 1.54) is 15.2 Å². The molecule has 0 bridgehead atoms. The summed E-state index contributed by atoms with van der Waals surface area (Å²) < 4.78 is 53.9. The first-order chi connectivity index (χ1) is 12.1. The molecule has 0 N–H and O–H groups in total. The molecule has 1 aliphatic heterocycles. The highest BCUT2D eigenvalue weighted by Crippen LogP contribution is 2.28. The molecule has 1 aromatic carbocycles. The van der Waals surface area contributed by atoms with E-state index in [1.54, 1.807) is 26.1 Å². The number of benzene rings is 1. The van der Waals surface area contributed by atoms with Gasteiger partial charge in [-0.3, -0.25) is 0 Å². The van der Waals surface area contributed by atoms with Gasteiger partial charge in [0, 0.05) is 20.1 Å². The topological polar surface area (TPSA) is 102 Å². The molecular formula is C16H22N4O4S2. The maximum atomic E-state index is 12.9. The predicted octanol–water partition coefficient (Wildman–Crippen LogP) is 1.06. The Bertz CT molecular complexity index is 1020. The predicted molar refractivity (Wildman–Crippen MR) is 95.9 cm³/mol. The minimum absolute atomic E-state index is 0.0758.